The van der Waals surface area contributed by atoms with Crippen molar-refractivity contribution in [1.29, 1.82) is 0 Å². The zero-order valence-corrected chi connectivity index (χ0v) is 22.7. The van der Waals surface area contributed by atoms with Crippen LogP contribution in [0.5, 0.6) is 0 Å². The molecule has 3 atom stereocenters. The van der Waals surface area contributed by atoms with E-state index in [-0.39, 0.29) is 10.8 Å². The van der Waals surface area contributed by atoms with Crippen LogP contribution in [0, 0.1) is 5.41 Å². The number of carbonyl (C=O) groups is 2. The molecule has 0 aromatic carbocycles. The van der Waals surface area contributed by atoms with Gasteiger partial charge in [0.2, 0.25) is 11.8 Å². The van der Waals surface area contributed by atoms with Gasteiger partial charge in [-0.2, -0.15) is 0 Å². The van der Waals surface area contributed by atoms with Crippen LogP contribution in [-0.4, -0.2) is 78.2 Å². The third kappa shape index (κ3) is 7.12. The summed E-state index contributed by atoms with van der Waals surface area (Å²) >= 11 is 0. The number of carbonyl (C=O) groups excluding carboxylic acids is 2. The summed E-state index contributed by atoms with van der Waals surface area (Å²) in [6, 6.07) is 0. The summed E-state index contributed by atoms with van der Waals surface area (Å²) < 4.78 is 100. The number of sulfone groups is 4. The molecule has 0 heterocycles. The van der Waals surface area contributed by atoms with Gasteiger partial charge in [-0.25, -0.2) is 33.7 Å². The normalized spacial score (nSPS) is 17.9. The topological polar surface area (TPSA) is 243 Å². The van der Waals surface area contributed by atoms with Gasteiger partial charge in [0.25, 0.3) is 0 Å². The molecule has 0 aromatic heterocycles. The zero-order valence-electron chi connectivity index (χ0n) is 19.4. The SMILES string of the molecule is C=CS(=O)(=O)CCCC(O)(CS(=O)(=O)C=C)C(C)(C(C(N)=O)S(=O)(=O)C=C)C(C(N)=O)S(=O)(=O)C=C. The average molecular weight is 591 g/mol. The van der Waals surface area contributed by atoms with Crippen LogP contribution in [0.3, 0.4) is 0 Å². The number of hydrogen-bond acceptors (Lipinski definition) is 11. The Bertz CT molecular complexity index is 1310. The van der Waals surface area contributed by atoms with E-state index in [0.717, 1.165) is 0 Å². The van der Waals surface area contributed by atoms with Crippen molar-refractivity contribution in [3.63, 3.8) is 0 Å². The van der Waals surface area contributed by atoms with Gasteiger partial charge < -0.3 is 16.6 Å². The molecule has 0 radical (unpaired) electrons. The molecule has 2 amide bonds. The maximum Gasteiger partial charge on any atom is 0.236 e. The van der Waals surface area contributed by atoms with E-state index in [0.29, 0.717) is 17.7 Å². The number of rotatable bonds is 17. The van der Waals surface area contributed by atoms with Gasteiger partial charge in [0.1, 0.15) is 0 Å². The van der Waals surface area contributed by atoms with E-state index in [2.05, 4.69) is 26.3 Å². The van der Waals surface area contributed by atoms with Crippen LogP contribution in [0.25, 0.3) is 0 Å². The molecule has 3 unspecified atom stereocenters. The standard InChI is InChI=1S/C19H30N2O11S4/c1-6-33(25,26)12-10-11-19(24,13-34(27,28)7-2)18(5,14(16(20)22)35(29,30)8-3)15(17(21)23)36(31,32)9-4/h6-9,14-15,24H,1-4,10-13H2,5H3,(H2,20,22)(H2,21,23). The van der Waals surface area contributed by atoms with Crippen molar-refractivity contribution in [2.24, 2.45) is 16.9 Å². The number of primary amides is 2. The lowest BCUT2D eigenvalue weighted by Gasteiger charge is -2.50. The Morgan fingerprint density at radius 1 is 0.778 bits per heavy atom. The largest absolute Gasteiger partial charge is 0.388 e. The minimum absolute atomic E-state index is 0.198. The monoisotopic (exact) mass is 590 g/mol. The molecule has 0 aliphatic heterocycles. The van der Waals surface area contributed by atoms with Crippen molar-refractivity contribution in [3.8, 4) is 0 Å². The third-order valence-corrected chi connectivity index (χ3v) is 12.1. The third-order valence-electron chi connectivity index (χ3n) is 5.70. The summed E-state index contributed by atoms with van der Waals surface area (Å²) in [6.45, 7) is 12.8. The zero-order chi connectivity index (χ0) is 29.0. The second-order valence-electron chi connectivity index (χ2n) is 8.00. The van der Waals surface area contributed by atoms with Gasteiger partial charge >= 0.3 is 0 Å². The first-order valence-electron chi connectivity index (χ1n) is 9.78. The highest BCUT2D eigenvalue weighted by molar-refractivity contribution is 7.96. The van der Waals surface area contributed by atoms with Gasteiger partial charge in [-0.1, -0.05) is 33.2 Å². The fourth-order valence-electron chi connectivity index (χ4n) is 3.95. The Morgan fingerprint density at radius 2 is 1.14 bits per heavy atom. The molecule has 0 spiro atoms. The van der Waals surface area contributed by atoms with E-state index in [9.17, 15) is 48.4 Å². The number of aliphatic hydroxyl groups is 1. The van der Waals surface area contributed by atoms with Crippen LogP contribution in [-0.2, 0) is 48.9 Å². The minimum Gasteiger partial charge on any atom is -0.388 e. The quantitative estimate of drug-likeness (QED) is 0.175. The van der Waals surface area contributed by atoms with E-state index < -0.39 is 97.0 Å². The van der Waals surface area contributed by atoms with Crippen molar-refractivity contribution in [3.05, 3.63) is 47.9 Å². The van der Waals surface area contributed by atoms with Gasteiger partial charge in [0.15, 0.2) is 49.8 Å². The highest BCUT2D eigenvalue weighted by Gasteiger charge is 2.66. The fraction of sp³-hybridized carbons (Fsp3) is 0.474. The molecule has 0 aromatic rings. The summed E-state index contributed by atoms with van der Waals surface area (Å²) in [7, 11) is -18.5. The molecule has 0 saturated carbocycles. The summed E-state index contributed by atoms with van der Waals surface area (Å²) in [5.74, 6) is -5.82. The molecule has 17 heteroatoms. The van der Waals surface area contributed by atoms with Gasteiger partial charge in [-0.15, -0.1) is 0 Å². The lowest BCUT2D eigenvalue weighted by molar-refractivity contribution is -0.133. The van der Waals surface area contributed by atoms with Crippen molar-refractivity contribution in [2.75, 3.05) is 11.5 Å². The van der Waals surface area contributed by atoms with Gasteiger partial charge in [0, 0.05) is 27.0 Å². The number of nitrogens with two attached hydrogens (primary N) is 2. The van der Waals surface area contributed by atoms with E-state index in [1.54, 1.807) is 0 Å². The minimum atomic E-state index is -5.00. The lowest BCUT2D eigenvalue weighted by atomic mass is 9.66. The molecule has 206 valence electrons. The molecule has 0 aliphatic carbocycles. The summed E-state index contributed by atoms with van der Waals surface area (Å²) in [5, 5.41) is 7.51. The molecule has 0 aliphatic rings. The second-order valence-corrected chi connectivity index (χ2v) is 16.0. The Kier molecular flexibility index (Phi) is 10.6. The first-order valence-corrected chi connectivity index (χ1v) is 16.4. The molecular formula is C19H30N2O11S4. The van der Waals surface area contributed by atoms with Crippen LogP contribution in [0.15, 0.2) is 47.9 Å². The molecule has 0 fully saturated rings. The first-order chi connectivity index (χ1) is 16.0. The van der Waals surface area contributed by atoms with Crippen molar-refractivity contribution < 1.29 is 48.4 Å². The van der Waals surface area contributed by atoms with E-state index in [4.69, 9.17) is 11.5 Å². The Hall–Kier alpha value is -2.34. The van der Waals surface area contributed by atoms with Crippen molar-refractivity contribution in [2.45, 2.75) is 35.9 Å². The molecular weight excluding hydrogens is 560 g/mol. The van der Waals surface area contributed by atoms with Crippen LogP contribution in [0.2, 0.25) is 0 Å². The Labute approximate surface area is 211 Å². The van der Waals surface area contributed by atoms with Crippen LogP contribution >= 0.6 is 0 Å². The predicted octanol–water partition coefficient (Wildman–Crippen LogP) is -1.55. The molecule has 36 heavy (non-hydrogen) atoms. The van der Waals surface area contributed by atoms with Crippen LogP contribution in [0.4, 0.5) is 0 Å². The van der Waals surface area contributed by atoms with E-state index in [1.807, 2.05) is 0 Å². The molecule has 0 bridgehead atoms. The molecule has 13 nitrogen and oxygen atoms in total. The molecule has 0 rings (SSSR count). The Balaban J connectivity index is 7.94. The first kappa shape index (κ1) is 33.7. The summed E-state index contributed by atoms with van der Waals surface area (Å²) in [4.78, 5) is 25.0. The second kappa shape index (κ2) is 11.4. The Morgan fingerprint density at radius 3 is 1.42 bits per heavy atom. The molecule has 0 saturated heterocycles. The summed E-state index contributed by atoms with van der Waals surface area (Å²) in [6.07, 6.45) is -1.57. The van der Waals surface area contributed by atoms with Crippen molar-refractivity contribution in [1.82, 2.24) is 0 Å². The van der Waals surface area contributed by atoms with Crippen LogP contribution in [0.1, 0.15) is 19.8 Å². The van der Waals surface area contributed by atoms with Gasteiger partial charge in [0.05, 0.1) is 17.1 Å². The smallest absolute Gasteiger partial charge is 0.236 e. The lowest BCUT2D eigenvalue weighted by Crippen LogP contribution is -2.70. The van der Waals surface area contributed by atoms with E-state index in [1.165, 1.54) is 0 Å². The maximum absolute atomic E-state index is 12.9. The number of amides is 2. The highest BCUT2D eigenvalue weighted by atomic mass is 32.2. The van der Waals surface area contributed by atoms with E-state index >= 15 is 0 Å². The van der Waals surface area contributed by atoms with Crippen LogP contribution < -0.4 is 11.5 Å². The number of hydrogen-bond donors (Lipinski definition) is 3. The fourth-order valence-corrected chi connectivity index (χ4v) is 9.10. The molecule has 5 N–H and O–H groups in total. The predicted molar refractivity (Wildman–Crippen MR) is 134 cm³/mol. The van der Waals surface area contributed by atoms with Gasteiger partial charge in [-0.05, 0) is 12.8 Å². The van der Waals surface area contributed by atoms with Gasteiger partial charge in [-0.3, -0.25) is 9.59 Å². The van der Waals surface area contributed by atoms with Crippen molar-refractivity contribution >= 4 is 51.2 Å². The highest BCUT2D eigenvalue weighted by Crippen LogP contribution is 2.48. The summed E-state index contributed by atoms with van der Waals surface area (Å²) in [5.41, 5.74) is 4.32. The average Bonchev–Trinajstić information content (AvgIpc) is 2.72. The maximum atomic E-state index is 12.9.